The number of aromatic nitrogens is 2. The molecule has 0 aliphatic carbocycles. The molecule has 2 fully saturated rings. The van der Waals surface area contributed by atoms with E-state index in [2.05, 4.69) is 40.5 Å². The van der Waals surface area contributed by atoms with Gasteiger partial charge in [-0.05, 0) is 118 Å². The standard InChI is InChI=1S/C25H27FN4O3.C23H26FN3O/c1-14-8-22-20(21(10-28-22)23(31)24(27)32)9-19(14)25(33)30-12-15(2)29(11-16(30)3)13-17-4-6-18(26)7-5-17;1-15-10-22-19(8-9-25-22)11-21(15)23(28)27-13-16(2)26(12-17(27)3)14-18-4-6-20(24)7-5-18/h4-10,15-16,28H,11-13H2,1-3H3,(H2,27,32);4-11,16-17,25H,12-14H2,1-3H3/t15-,16+;16-,17+/m00/s1. The van der Waals surface area contributed by atoms with Gasteiger partial charge in [0.05, 0.1) is 5.56 Å². The number of hydrogen-bond acceptors (Lipinski definition) is 6. The summed E-state index contributed by atoms with van der Waals surface area (Å²) >= 11 is 0. The van der Waals surface area contributed by atoms with Crippen molar-refractivity contribution in [2.75, 3.05) is 26.2 Å². The number of H-pyrrole nitrogens is 2. The van der Waals surface area contributed by atoms with Crippen LogP contribution in [0, 0.1) is 25.5 Å². The summed E-state index contributed by atoms with van der Waals surface area (Å²) in [5.74, 6) is -2.32. The summed E-state index contributed by atoms with van der Waals surface area (Å²) in [6.07, 6.45) is 3.35. The first kappa shape index (κ1) is 42.9. The van der Waals surface area contributed by atoms with Crippen LogP contribution in [0.3, 0.4) is 0 Å². The zero-order chi connectivity index (χ0) is 43.7. The van der Waals surface area contributed by atoms with E-state index in [9.17, 15) is 28.0 Å². The molecule has 3 amide bonds. The highest BCUT2D eigenvalue weighted by Crippen LogP contribution is 2.28. The van der Waals surface area contributed by atoms with Crippen LogP contribution < -0.4 is 5.73 Å². The Balaban J connectivity index is 0.000000186. The first-order valence-electron chi connectivity index (χ1n) is 20.7. The van der Waals surface area contributed by atoms with Crippen molar-refractivity contribution in [1.82, 2.24) is 29.6 Å². The minimum Gasteiger partial charge on any atom is -0.363 e. The molecule has 0 bridgehead atoms. The summed E-state index contributed by atoms with van der Waals surface area (Å²) in [5.41, 5.74) is 12.2. The van der Waals surface area contributed by atoms with E-state index < -0.39 is 11.7 Å². The van der Waals surface area contributed by atoms with Gasteiger partial charge in [0.15, 0.2) is 0 Å². The van der Waals surface area contributed by atoms with Crippen LogP contribution in [0.5, 0.6) is 0 Å². The fourth-order valence-electron chi connectivity index (χ4n) is 8.63. The van der Waals surface area contributed by atoms with Crippen molar-refractivity contribution in [3.8, 4) is 0 Å². The molecule has 61 heavy (non-hydrogen) atoms. The molecule has 4 N–H and O–H groups in total. The van der Waals surface area contributed by atoms with E-state index in [1.54, 1.807) is 24.3 Å². The number of aromatic amines is 2. The highest BCUT2D eigenvalue weighted by atomic mass is 19.1. The lowest BCUT2D eigenvalue weighted by atomic mass is 9.99. The number of ketones is 1. The molecule has 6 aromatic rings. The Morgan fingerprint density at radius 2 is 1.08 bits per heavy atom. The quantitative estimate of drug-likeness (QED) is 0.108. The molecule has 4 aromatic carbocycles. The predicted molar refractivity (Wildman–Crippen MR) is 233 cm³/mol. The zero-order valence-electron chi connectivity index (χ0n) is 35.5. The van der Waals surface area contributed by atoms with Crippen molar-refractivity contribution in [2.45, 2.75) is 78.8 Å². The van der Waals surface area contributed by atoms with Gasteiger partial charge in [0.25, 0.3) is 23.5 Å². The van der Waals surface area contributed by atoms with Gasteiger partial charge in [0.1, 0.15) is 11.6 Å². The summed E-state index contributed by atoms with van der Waals surface area (Å²) in [6, 6.07) is 23.1. The zero-order valence-corrected chi connectivity index (χ0v) is 35.5. The Hall–Kier alpha value is -6.18. The SMILES string of the molecule is Cc1cc2[nH]cc(C(=O)C(N)=O)c2cc1C(=O)N1C[C@H](C)N(Cc2ccc(F)cc2)C[C@H]1C.Cc1cc2[nH]ccc2cc1C(=O)N1C[C@H](C)N(Cc2ccc(F)cc2)C[C@H]1C. The number of primary amides is 1. The maximum Gasteiger partial charge on any atom is 0.289 e. The molecule has 0 radical (unpaired) electrons. The third-order valence-electron chi connectivity index (χ3n) is 12.2. The largest absolute Gasteiger partial charge is 0.363 e. The number of piperazine rings is 2. The lowest BCUT2D eigenvalue weighted by Crippen LogP contribution is -2.57. The molecule has 11 nitrogen and oxygen atoms in total. The van der Waals surface area contributed by atoms with Gasteiger partial charge >= 0.3 is 0 Å². The van der Waals surface area contributed by atoms with E-state index >= 15 is 0 Å². The van der Waals surface area contributed by atoms with Crippen LogP contribution in [0.1, 0.15) is 81.0 Å². The predicted octanol–water partition coefficient (Wildman–Crippen LogP) is 7.37. The number of halogens is 2. The Bertz CT molecular complexity index is 2580. The number of carbonyl (C=O) groups is 4. The number of nitrogens with one attached hydrogen (secondary N) is 2. The molecule has 2 aliphatic rings. The van der Waals surface area contributed by atoms with Crippen LogP contribution in [-0.2, 0) is 17.9 Å². The van der Waals surface area contributed by atoms with Gasteiger partial charge in [-0.3, -0.25) is 29.0 Å². The van der Waals surface area contributed by atoms with Crippen molar-refractivity contribution in [3.05, 3.63) is 142 Å². The minimum absolute atomic E-state index is 0.0396. The molecule has 318 valence electrons. The molecular formula is C48H53F2N7O4. The molecular weight excluding hydrogens is 777 g/mol. The van der Waals surface area contributed by atoms with E-state index in [-0.39, 0.29) is 53.2 Å². The number of hydrogen-bond donors (Lipinski definition) is 3. The topological polar surface area (TPSA) is 139 Å². The smallest absolute Gasteiger partial charge is 0.289 e. The Kier molecular flexibility index (Phi) is 12.5. The van der Waals surface area contributed by atoms with Gasteiger partial charge in [0, 0.05) is 109 Å². The molecule has 0 unspecified atom stereocenters. The summed E-state index contributed by atoms with van der Waals surface area (Å²) in [5, 5.41) is 1.56. The molecule has 13 heteroatoms. The van der Waals surface area contributed by atoms with Crippen molar-refractivity contribution < 1.29 is 28.0 Å². The summed E-state index contributed by atoms with van der Waals surface area (Å²) in [7, 11) is 0. The maximum absolute atomic E-state index is 13.5. The molecule has 4 heterocycles. The third kappa shape index (κ3) is 9.28. The Morgan fingerprint density at radius 1 is 0.607 bits per heavy atom. The molecule has 8 rings (SSSR count). The summed E-state index contributed by atoms with van der Waals surface area (Å²) in [4.78, 5) is 65.1. The van der Waals surface area contributed by atoms with E-state index in [1.165, 1.54) is 30.5 Å². The maximum atomic E-state index is 13.5. The normalized spacial score (nSPS) is 19.8. The minimum atomic E-state index is -1.04. The van der Waals surface area contributed by atoms with Crippen molar-refractivity contribution in [2.24, 2.45) is 5.73 Å². The third-order valence-corrected chi connectivity index (χ3v) is 12.2. The number of carbonyl (C=O) groups excluding carboxylic acids is 4. The Morgan fingerprint density at radius 3 is 1.57 bits per heavy atom. The lowest BCUT2D eigenvalue weighted by molar-refractivity contribution is -0.114. The van der Waals surface area contributed by atoms with E-state index in [0.29, 0.717) is 42.6 Å². The van der Waals surface area contributed by atoms with Crippen LogP contribution in [-0.4, -0.2) is 103 Å². The van der Waals surface area contributed by atoms with Gasteiger partial charge in [-0.1, -0.05) is 24.3 Å². The molecule has 4 atom stereocenters. The number of amides is 3. The van der Waals surface area contributed by atoms with Gasteiger partial charge in [-0.15, -0.1) is 0 Å². The second-order valence-electron chi connectivity index (χ2n) is 16.8. The second kappa shape index (κ2) is 17.8. The van der Waals surface area contributed by atoms with E-state index in [1.807, 2.05) is 67.1 Å². The molecule has 0 saturated carbocycles. The van der Waals surface area contributed by atoms with Crippen LogP contribution in [0.2, 0.25) is 0 Å². The second-order valence-corrected chi connectivity index (χ2v) is 16.8. The number of benzene rings is 4. The summed E-state index contributed by atoms with van der Waals surface area (Å²) < 4.78 is 26.4. The number of fused-ring (bicyclic) bond motifs is 2. The number of rotatable bonds is 8. The van der Waals surface area contributed by atoms with Crippen LogP contribution in [0.25, 0.3) is 21.8 Å². The monoisotopic (exact) mass is 829 g/mol. The van der Waals surface area contributed by atoms with Crippen molar-refractivity contribution >= 4 is 45.3 Å². The first-order chi connectivity index (χ1) is 29.1. The molecule has 2 aromatic heterocycles. The lowest BCUT2D eigenvalue weighted by Gasteiger charge is -2.44. The fourth-order valence-corrected chi connectivity index (χ4v) is 8.63. The first-order valence-corrected chi connectivity index (χ1v) is 20.7. The molecule has 0 spiro atoms. The number of nitrogens with zero attached hydrogens (tertiary/aromatic N) is 4. The van der Waals surface area contributed by atoms with Gasteiger partial charge in [-0.25, -0.2) is 8.78 Å². The highest BCUT2D eigenvalue weighted by molar-refractivity contribution is 6.44. The van der Waals surface area contributed by atoms with Crippen LogP contribution in [0.4, 0.5) is 8.78 Å². The highest BCUT2D eigenvalue weighted by Gasteiger charge is 2.35. The number of nitrogens with two attached hydrogens (primary N) is 1. The van der Waals surface area contributed by atoms with Crippen molar-refractivity contribution in [1.29, 1.82) is 0 Å². The van der Waals surface area contributed by atoms with Gasteiger partial charge in [-0.2, -0.15) is 0 Å². The number of Topliss-reactive ketones (excluding diaryl/α,β-unsaturated/α-hetero) is 1. The van der Waals surface area contributed by atoms with Crippen LogP contribution in [0.15, 0.2) is 91.3 Å². The molecule has 2 saturated heterocycles. The average Bonchev–Trinajstić information content (AvgIpc) is 3.87. The van der Waals surface area contributed by atoms with Gasteiger partial charge in [0.2, 0.25) is 0 Å². The average molecular weight is 830 g/mol. The van der Waals surface area contributed by atoms with Gasteiger partial charge < -0.3 is 25.5 Å². The molecule has 2 aliphatic heterocycles. The van der Waals surface area contributed by atoms with E-state index in [4.69, 9.17) is 5.73 Å². The fraction of sp³-hybridized carbons (Fsp3) is 0.333. The summed E-state index contributed by atoms with van der Waals surface area (Å²) in [6.45, 7) is 16.3. The Labute approximate surface area is 354 Å². The van der Waals surface area contributed by atoms with E-state index in [0.717, 1.165) is 51.8 Å². The number of aryl methyl sites for hydroxylation is 2. The van der Waals surface area contributed by atoms with Crippen LogP contribution >= 0.6 is 0 Å². The van der Waals surface area contributed by atoms with Crippen molar-refractivity contribution in [3.63, 3.8) is 0 Å².